The highest BCUT2D eigenvalue weighted by Gasteiger charge is 2.10. The number of anilines is 1. The highest BCUT2D eigenvalue weighted by molar-refractivity contribution is 6.07. The van der Waals surface area contributed by atoms with Crippen LogP contribution in [-0.2, 0) is 0 Å². The third-order valence-corrected chi connectivity index (χ3v) is 2.72. The third-order valence-electron chi connectivity index (χ3n) is 2.72. The van der Waals surface area contributed by atoms with Crippen LogP contribution in [0.4, 0.5) is 5.69 Å². The van der Waals surface area contributed by atoms with Gasteiger partial charge in [0, 0.05) is 17.6 Å². The Morgan fingerprint density at radius 2 is 2.00 bits per heavy atom. The Bertz CT molecular complexity index is 798. The van der Waals surface area contributed by atoms with Gasteiger partial charge in [-0.3, -0.25) is 24.8 Å². The van der Waals surface area contributed by atoms with E-state index in [4.69, 9.17) is 0 Å². The Hall–Kier alpha value is -2.89. The number of hydrogen-bond donors (Lipinski definition) is 3. The molecule has 0 unspecified atom stereocenters. The van der Waals surface area contributed by atoms with Gasteiger partial charge in [0.25, 0.3) is 11.5 Å². The lowest BCUT2D eigenvalue weighted by Crippen LogP contribution is -2.13. The van der Waals surface area contributed by atoms with Crippen LogP contribution in [0.1, 0.15) is 10.5 Å². The molecule has 0 aliphatic rings. The van der Waals surface area contributed by atoms with Crippen molar-refractivity contribution < 1.29 is 4.79 Å². The predicted molar refractivity (Wildman–Crippen MR) is 71.1 cm³/mol. The Morgan fingerprint density at radius 3 is 2.79 bits per heavy atom. The molecule has 19 heavy (non-hydrogen) atoms. The topological polar surface area (TPSA) is 90.6 Å². The number of nitrogens with one attached hydrogen (secondary N) is 3. The molecule has 0 saturated heterocycles. The Labute approximate surface area is 107 Å². The summed E-state index contributed by atoms with van der Waals surface area (Å²) in [6, 6.07) is 10.5. The van der Waals surface area contributed by atoms with Gasteiger partial charge in [-0.25, -0.2) is 0 Å². The van der Waals surface area contributed by atoms with E-state index in [0.29, 0.717) is 11.2 Å². The average molecular weight is 254 g/mol. The van der Waals surface area contributed by atoms with E-state index in [1.54, 1.807) is 12.3 Å². The van der Waals surface area contributed by atoms with Crippen LogP contribution in [0.3, 0.4) is 0 Å². The van der Waals surface area contributed by atoms with Crippen molar-refractivity contribution in [3.8, 4) is 0 Å². The molecule has 0 aliphatic heterocycles. The monoisotopic (exact) mass is 254 g/mol. The number of fused-ring (bicyclic) bond motifs is 1. The number of benzene rings is 1. The van der Waals surface area contributed by atoms with Gasteiger partial charge in [-0.2, -0.15) is 0 Å². The number of aromatic amines is 2. The van der Waals surface area contributed by atoms with Crippen LogP contribution < -0.4 is 10.9 Å². The summed E-state index contributed by atoms with van der Waals surface area (Å²) in [7, 11) is 0. The van der Waals surface area contributed by atoms with Crippen LogP contribution in [0.2, 0.25) is 0 Å². The molecule has 1 aromatic carbocycles. The standard InChI is InChI=1S/C13H10N4O2/c18-11-7-10(16-17-11)13(19)15-9-5-1-3-8-4-2-6-14-12(8)9/h1-7H,(H,15,19)(H2,16,17,18). The average Bonchev–Trinajstić information content (AvgIpc) is 2.86. The highest BCUT2D eigenvalue weighted by atomic mass is 16.2. The second-order valence-corrected chi connectivity index (χ2v) is 4.01. The molecule has 2 heterocycles. The number of carbonyl (C=O) groups is 1. The number of pyridine rings is 1. The quantitative estimate of drug-likeness (QED) is 0.647. The maximum Gasteiger partial charge on any atom is 0.273 e. The smallest absolute Gasteiger partial charge is 0.273 e. The summed E-state index contributed by atoms with van der Waals surface area (Å²) in [5, 5.41) is 8.48. The first kappa shape index (κ1) is 11.2. The first-order valence-electron chi connectivity index (χ1n) is 5.67. The van der Waals surface area contributed by atoms with Gasteiger partial charge < -0.3 is 5.32 Å². The molecule has 0 fully saturated rings. The zero-order chi connectivity index (χ0) is 13.2. The summed E-state index contributed by atoms with van der Waals surface area (Å²) in [5.41, 5.74) is 1.14. The van der Waals surface area contributed by atoms with Gasteiger partial charge in [-0.1, -0.05) is 18.2 Å². The fourth-order valence-electron chi connectivity index (χ4n) is 1.85. The van der Waals surface area contributed by atoms with E-state index < -0.39 is 5.91 Å². The molecule has 3 N–H and O–H groups in total. The maximum absolute atomic E-state index is 11.9. The Morgan fingerprint density at radius 1 is 1.16 bits per heavy atom. The van der Waals surface area contributed by atoms with E-state index in [9.17, 15) is 9.59 Å². The van der Waals surface area contributed by atoms with Crippen molar-refractivity contribution in [3.63, 3.8) is 0 Å². The molecule has 0 radical (unpaired) electrons. The SMILES string of the molecule is O=C(Nc1cccc2cccnc12)c1cc(=O)[nH][nH]1. The van der Waals surface area contributed by atoms with E-state index in [0.717, 1.165) is 5.39 Å². The fraction of sp³-hybridized carbons (Fsp3) is 0. The molecule has 0 bridgehead atoms. The second-order valence-electron chi connectivity index (χ2n) is 4.01. The van der Waals surface area contributed by atoms with Crippen LogP contribution in [0.25, 0.3) is 10.9 Å². The van der Waals surface area contributed by atoms with Gasteiger partial charge in [0.1, 0.15) is 5.69 Å². The first-order chi connectivity index (χ1) is 9.24. The van der Waals surface area contributed by atoms with Gasteiger partial charge in [-0.15, -0.1) is 0 Å². The summed E-state index contributed by atoms with van der Waals surface area (Å²) in [6.07, 6.45) is 1.66. The van der Waals surface area contributed by atoms with Crippen molar-refractivity contribution in [1.29, 1.82) is 0 Å². The summed E-state index contributed by atoms with van der Waals surface area (Å²) in [4.78, 5) is 27.2. The molecule has 0 spiro atoms. The Kier molecular flexibility index (Phi) is 2.60. The van der Waals surface area contributed by atoms with Gasteiger partial charge in [0.05, 0.1) is 11.2 Å². The minimum atomic E-state index is -0.392. The zero-order valence-electron chi connectivity index (χ0n) is 9.81. The van der Waals surface area contributed by atoms with Crippen molar-refractivity contribution in [2.75, 3.05) is 5.32 Å². The number of aromatic nitrogens is 3. The lowest BCUT2D eigenvalue weighted by atomic mass is 10.2. The van der Waals surface area contributed by atoms with Crippen molar-refractivity contribution in [2.24, 2.45) is 0 Å². The number of para-hydroxylation sites is 1. The van der Waals surface area contributed by atoms with Crippen LogP contribution in [0.15, 0.2) is 47.4 Å². The Balaban J connectivity index is 1.97. The van der Waals surface area contributed by atoms with Crippen LogP contribution in [0, 0.1) is 0 Å². The van der Waals surface area contributed by atoms with Crippen LogP contribution in [-0.4, -0.2) is 21.1 Å². The zero-order valence-corrected chi connectivity index (χ0v) is 9.81. The number of carbonyl (C=O) groups excluding carboxylic acids is 1. The molecule has 0 atom stereocenters. The summed E-state index contributed by atoms with van der Waals surface area (Å²) >= 11 is 0. The van der Waals surface area contributed by atoms with E-state index in [-0.39, 0.29) is 11.3 Å². The highest BCUT2D eigenvalue weighted by Crippen LogP contribution is 2.20. The molecule has 3 rings (SSSR count). The third kappa shape index (κ3) is 2.11. The molecular formula is C13H10N4O2. The normalized spacial score (nSPS) is 10.5. The second kappa shape index (κ2) is 4.41. The molecule has 94 valence electrons. The van der Waals surface area contributed by atoms with Crippen molar-refractivity contribution in [3.05, 3.63) is 58.6 Å². The number of amides is 1. The molecular weight excluding hydrogens is 244 g/mol. The molecule has 0 saturated carbocycles. The van der Waals surface area contributed by atoms with E-state index in [1.165, 1.54) is 6.07 Å². The van der Waals surface area contributed by atoms with Crippen LogP contribution in [0.5, 0.6) is 0 Å². The van der Waals surface area contributed by atoms with E-state index >= 15 is 0 Å². The summed E-state index contributed by atoms with van der Waals surface area (Å²) in [6.45, 7) is 0. The first-order valence-corrected chi connectivity index (χ1v) is 5.67. The predicted octanol–water partition coefficient (Wildman–Crippen LogP) is 1.50. The summed E-state index contributed by atoms with van der Waals surface area (Å²) in [5.74, 6) is -0.392. The molecule has 3 aromatic rings. The fourth-order valence-corrected chi connectivity index (χ4v) is 1.85. The molecule has 0 aliphatic carbocycles. The number of rotatable bonds is 2. The molecule has 1 amide bonds. The van der Waals surface area contributed by atoms with Crippen molar-refractivity contribution in [2.45, 2.75) is 0 Å². The number of H-pyrrole nitrogens is 2. The van der Waals surface area contributed by atoms with Gasteiger partial charge in [0.15, 0.2) is 0 Å². The summed E-state index contributed by atoms with van der Waals surface area (Å²) < 4.78 is 0. The minimum Gasteiger partial charge on any atom is -0.319 e. The van der Waals surface area contributed by atoms with Gasteiger partial charge >= 0.3 is 0 Å². The minimum absolute atomic E-state index is 0.179. The molecule has 6 heteroatoms. The van der Waals surface area contributed by atoms with E-state index in [1.807, 2.05) is 24.3 Å². The molecule has 2 aromatic heterocycles. The lowest BCUT2D eigenvalue weighted by Gasteiger charge is -2.06. The van der Waals surface area contributed by atoms with Crippen molar-refractivity contribution in [1.82, 2.24) is 15.2 Å². The number of nitrogens with zero attached hydrogens (tertiary/aromatic N) is 1. The maximum atomic E-state index is 11.9. The molecule has 6 nitrogen and oxygen atoms in total. The number of hydrogen-bond acceptors (Lipinski definition) is 3. The lowest BCUT2D eigenvalue weighted by molar-refractivity contribution is 0.102. The van der Waals surface area contributed by atoms with E-state index in [2.05, 4.69) is 20.5 Å². The van der Waals surface area contributed by atoms with Crippen molar-refractivity contribution >= 4 is 22.5 Å². The van der Waals surface area contributed by atoms with Crippen LogP contribution >= 0.6 is 0 Å². The largest absolute Gasteiger partial charge is 0.319 e. The van der Waals surface area contributed by atoms with Gasteiger partial charge in [-0.05, 0) is 12.1 Å². The van der Waals surface area contributed by atoms with Gasteiger partial charge in [0.2, 0.25) is 0 Å².